The van der Waals surface area contributed by atoms with Gasteiger partial charge in [0.05, 0.1) is 14.2 Å². The van der Waals surface area contributed by atoms with Crippen LogP contribution in [0.2, 0.25) is 5.02 Å². The van der Waals surface area contributed by atoms with Gasteiger partial charge in [0.2, 0.25) is 0 Å². The first-order chi connectivity index (χ1) is 13.1. The molecule has 1 heterocycles. The molecule has 1 fully saturated rings. The van der Waals surface area contributed by atoms with Crippen molar-refractivity contribution in [3.8, 4) is 11.5 Å². The Hall–Kier alpha value is -2.24. The van der Waals surface area contributed by atoms with Crippen molar-refractivity contribution in [1.29, 1.82) is 0 Å². The Morgan fingerprint density at radius 2 is 1.56 bits per heavy atom. The maximum atomic E-state index is 13.0. The van der Waals surface area contributed by atoms with Gasteiger partial charge in [0.1, 0.15) is 17.1 Å². The van der Waals surface area contributed by atoms with Gasteiger partial charge in [-0.2, -0.15) is 0 Å². The van der Waals surface area contributed by atoms with Gasteiger partial charge in [-0.25, -0.2) is 0 Å². The van der Waals surface area contributed by atoms with E-state index in [0.717, 1.165) is 31.1 Å². The molecule has 0 spiro atoms. The minimum absolute atomic E-state index is 0.0401. The molecule has 0 atom stereocenters. The number of rotatable bonds is 6. The fraction of sp³-hybridized carbons (Fsp3) is 0.381. The number of carbonyl (C=O) groups excluding carboxylic acids is 1. The highest BCUT2D eigenvalue weighted by atomic mass is 35.5. The number of hydrogen-bond acceptors (Lipinski definition) is 4. The molecule has 6 heteroatoms. The van der Waals surface area contributed by atoms with Crippen molar-refractivity contribution in [3.63, 3.8) is 0 Å². The van der Waals surface area contributed by atoms with E-state index >= 15 is 0 Å². The fourth-order valence-electron chi connectivity index (χ4n) is 3.33. The number of benzene rings is 2. The summed E-state index contributed by atoms with van der Waals surface area (Å²) < 4.78 is 10.7. The number of carbonyl (C=O) groups is 1. The highest BCUT2D eigenvalue weighted by Gasteiger charge is 2.26. The first-order valence-electron chi connectivity index (χ1n) is 9.09. The van der Waals surface area contributed by atoms with Crippen LogP contribution in [0.15, 0.2) is 42.5 Å². The van der Waals surface area contributed by atoms with E-state index in [2.05, 4.69) is 17.0 Å². The monoisotopic (exact) mass is 388 g/mol. The largest absolute Gasteiger partial charge is 0.496 e. The summed E-state index contributed by atoms with van der Waals surface area (Å²) in [4.78, 5) is 17.3. The van der Waals surface area contributed by atoms with Crippen LogP contribution in [-0.2, 0) is 6.42 Å². The molecule has 1 saturated heterocycles. The summed E-state index contributed by atoms with van der Waals surface area (Å²) in [7, 11) is 3.14. The van der Waals surface area contributed by atoms with E-state index in [9.17, 15) is 4.79 Å². The molecule has 1 amide bonds. The lowest BCUT2D eigenvalue weighted by Gasteiger charge is -2.35. The second-order valence-electron chi connectivity index (χ2n) is 6.55. The van der Waals surface area contributed by atoms with Crippen molar-refractivity contribution >= 4 is 17.5 Å². The molecule has 0 aromatic heterocycles. The molecule has 0 bridgehead atoms. The Kier molecular flexibility index (Phi) is 6.58. The summed E-state index contributed by atoms with van der Waals surface area (Å²) in [6, 6.07) is 13.4. The van der Waals surface area contributed by atoms with Crippen molar-refractivity contribution in [1.82, 2.24) is 9.80 Å². The zero-order valence-electron chi connectivity index (χ0n) is 15.8. The quantitative estimate of drug-likeness (QED) is 0.761. The highest BCUT2D eigenvalue weighted by Crippen LogP contribution is 2.29. The third kappa shape index (κ3) is 4.73. The second kappa shape index (κ2) is 9.11. The van der Waals surface area contributed by atoms with Gasteiger partial charge in [0.15, 0.2) is 0 Å². The number of ether oxygens (including phenoxy) is 2. The van der Waals surface area contributed by atoms with Crippen molar-refractivity contribution in [2.75, 3.05) is 46.9 Å². The summed E-state index contributed by atoms with van der Waals surface area (Å²) in [5.74, 6) is 1.05. The predicted octanol–water partition coefficient (Wildman–Crippen LogP) is 3.36. The van der Waals surface area contributed by atoms with Crippen LogP contribution in [-0.4, -0.2) is 62.7 Å². The molecule has 1 aliphatic heterocycles. The average molecular weight is 389 g/mol. The maximum Gasteiger partial charge on any atom is 0.261 e. The zero-order chi connectivity index (χ0) is 19.2. The Bertz CT molecular complexity index is 749. The third-order valence-corrected chi connectivity index (χ3v) is 5.18. The third-order valence-electron chi connectivity index (χ3n) is 4.93. The molecule has 0 saturated carbocycles. The fourth-order valence-corrected chi connectivity index (χ4v) is 3.46. The van der Waals surface area contributed by atoms with Gasteiger partial charge in [-0.3, -0.25) is 9.69 Å². The van der Waals surface area contributed by atoms with Gasteiger partial charge in [0, 0.05) is 37.7 Å². The number of halogens is 1. The summed E-state index contributed by atoms with van der Waals surface area (Å²) in [6.45, 7) is 4.08. The van der Waals surface area contributed by atoms with Crippen LogP contribution in [0, 0.1) is 0 Å². The van der Waals surface area contributed by atoms with Crippen LogP contribution < -0.4 is 9.47 Å². The minimum Gasteiger partial charge on any atom is -0.496 e. The van der Waals surface area contributed by atoms with E-state index in [1.165, 1.54) is 5.56 Å². The van der Waals surface area contributed by atoms with E-state index in [1.54, 1.807) is 26.4 Å². The molecule has 0 aliphatic carbocycles. The molecule has 0 N–H and O–H groups in total. The van der Waals surface area contributed by atoms with Crippen LogP contribution in [0.4, 0.5) is 0 Å². The lowest BCUT2D eigenvalue weighted by molar-refractivity contribution is 0.0632. The Balaban J connectivity index is 1.57. The molecular weight excluding hydrogens is 364 g/mol. The topological polar surface area (TPSA) is 42.0 Å². The molecule has 2 aromatic rings. The number of nitrogens with zero attached hydrogens (tertiary/aromatic N) is 2. The molecular formula is C21H25ClN2O3. The van der Waals surface area contributed by atoms with Gasteiger partial charge >= 0.3 is 0 Å². The Labute approximate surface area is 165 Å². The van der Waals surface area contributed by atoms with E-state index in [-0.39, 0.29) is 5.91 Å². The van der Waals surface area contributed by atoms with Gasteiger partial charge in [-0.1, -0.05) is 29.8 Å². The van der Waals surface area contributed by atoms with E-state index in [4.69, 9.17) is 21.1 Å². The highest BCUT2D eigenvalue weighted by molar-refractivity contribution is 6.30. The average Bonchev–Trinajstić information content (AvgIpc) is 2.72. The van der Waals surface area contributed by atoms with Crippen molar-refractivity contribution in [2.45, 2.75) is 6.42 Å². The summed E-state index contributed by atoms with van der Waals surface area (Å²) in [5.41, 5.74) is 1.77. The van der Waals surface area contributed by atoms with E-state index in [0.29, 0.717) is 30.2 Å². The maximum absolute atomic E-state index is 13.0. The first-order valence-corrected chi connectivity index (χ1v) is 9.47. The molecule has 5 nitrogen and oxygen atoms in total. The van der Waals surface area contributed by atoms with E-state index in [1.807, 2.05) is 23.1 Å². The van der Waals surface area contributed by atoms with Gasteiger partial charge < -0.3 is 14.4 Å². The van der Waals surface area contributed by atoms with Crippen molar-refractivity contribution in [3.05, 3.63) is 58.6 Å². The van der Waals surface area contributed by atoms with Crippen molar-refractivity contribution in [2.24, 2.45) is 0 Å². The number of amides is 1. The zero-order valence-corrected chi connectivity index (χ0v) is 16.5. The second-order valence-corrected chi connectivity index (χ2v) is 6.98. The Morgan fingerprint density at radius 1 is 0.963 bits per heavy atom. The van der Waals surface area contributed by atoms with Crippen molar-refractivity contribution < 1.29 is 14.3 Å². The number of methoxy groups -OCH3 is 2. The summed E-state index contributed by atoms with van der Waals surface area (Å²) >= 11 is 5.93. The predicted molar refractivity (Wildman–Crippen MR) is 107 cm³/mol. The molecule has 144 valence electrons. The molecule has 3 rings (SSSR count). The molecule has 1 aliphatic rings. The SMILES string of the molecule is COc1cccc(OC)c1C(=O)N1CCN(CCc2ccc(Cl)cc2)CC1. The smallest absolute Gasteiger partial charge is 0.261 e. The van der Waals surface area contributed by atoms with Gasteiger partial charge in [-0.05, 0) is 36.2 Å². The minimum atomic E-state index is -0.0401. The summed E-state index contributed by atoms with van der Waals surface area (Å²) in [5, 5.41) is 0.762. The van der Waals surface area contributed by atoms with Crippen LogP contribution in [0.3, 0.4) is 0 Å². The lowest BCUT2D eigenvalue weighted by atomic mass is 10.1. The van der Waals surface area contributed by atoms with Crippen LogP contribution in [0.25, 0.3) is 0 Å². The molecule has 0 radical (unpaired) electrons. The normalized spacial score (nSPS) is 14.9. The van der Waals surface area contributed by atoms with Crippen LogP contribution in [0.1, 0.15) is 15.9 Å². The Morgan fingerprint density at radius 3 is 2.11 bits per heavy atom. The number of piperazine rings is 1. The van der Waals surface area contributed by atoms with Crippen LogP contribution in [0.5, 0.6) is 11.5 Å². The van der Waals surface area contributed by atoms with Gasteiger partial charge in [-0.15, -0.1) is 0 Å². The first kappa shape index (κ1) is 19.5. The van der Waals surface area contributed by atoms with Crippen LogP contribution >= 0.6 is 11.6 Å². The summed E-state index contributed by atoms with van der Waals surface area (Å²) in [6.07, 6.45) is 0.978. The van der Waals surface area contributed by atoms with Gasteiger partial charge in [0.25, 0.3) is 5.91 Å². The molecule has 0 unspecified atom stereocenters. The molecule has 27 heavy (non-hydrogen) atoms. The van der Waals surface area contributed by atoms with E-state index < -0.39 is 0 Å². The standard InChI is InChI=1S/C21H25ClN2O3/c1-26-18-4-3-5-19(27-2)20(18)21(25)24-14-12-23(13-15-24)11-10-16-6-8-17(22)9-7-16/h3-9H,10-15H2,1-2H3. The number of hydrogen-bond donors (Lipinski definition) is 0. The molecule has 2 aromatic carbocycles. The lowest BCUT2D eigenvalue weighted by Crippen LogP contribution is -2.49.